The zero-order chi connectivity index (χ0) is 21.3. The van der Waals surface area contributed by atoms with Crippen LogP contribution in [0.15, 0.2) is 0 Å². The van der Waals surface area contributed by atoms with Gasteiger partial charge in [0, 0.05) is 31.9 Å². The minimum Gasteiger partial charge on any atom is -0.379 e. The summed E-state index contributed by atoms with van der Waals surface area (Å²) in [5, 5.41) is 2.74. The van der Waals surface area contributed by atoms with Crippen molar-refractivity contribution in [2.24, 2.45) is 11.3 Å². The molecule has 0 aromatic carbocycles. The molecule has 0 aliphatic rings. The van der Waals surface area contributed by atoms with Gasteiger partial charge in [-0.3, -0.25) is 9.59 Å². The molecule has 0 saturated carbocycles. The van der Waals surface area contributed by atoms with Crippen molar-refractivity contribution in [3.8, 4) is 0 Å². The first-order valence-corrected chi connectivity index (χ1v) is 10.3. The number of amides is 1. The first-order valence-electron chi connectivity index (χ1n) is 10.3. The van der Waals surface area contributed by atoms with E-state index in [2.05, 4.69) is 26.1 Å². The summed E-state index contributed by atoms with van der Waals surface area (Å²) >= 11 is 0. The fraction of sp³-hybridized carbons (Fsp3) is 0.905. The van der Waals surface area contributed by atoms with E-state index in [1.54, 1.807) is 0 Å². The Labute approximate surface area is 170 Å². The number of nitrogens with one attached hydrogen (secondary N) is 1. The van der Waals surface area contributed by atoms with Crippen LogP contribution in [0.5, 0.6) is 0 Å². The van der Waals surface area contributed by atoms with E-state index in [-0.39, 0.29) is 24.0 Å². The van der Waals surface area contributed by atoms with Gasteiger partial charge in [-0.05, 0) is 11.8 Å². The largest absolute Gasteiger partial charge is 0.379 e. The lowest BCUT2D eigenvalue weighted by molar-refractivity contribution is -0.126. The molecule has 1 N–H and O–H groups in total. The second-order valence-corrected chi connectivity index (χ2v) is 8.23. The Kier molecular flexibility index (Phi) is 16.3. The fourth-order valence-corrected chi connectivity index (χ4v) is 2.02. The van der Waals surface area contributed by atoms with Gasteiger partial charge < -0.3 is 24.3 Å². The average molecular weight is 404 g/mol. The molecule has 7 heteroatoms. The summed E-state index contributed by atoms with van der Waals surface area (Å²) in [6, 6.07) is 0. The van der Waals surface area contributed by atoms with Crippen molar-refractivity contribution in [2.45, 2.75) is 53.9 Å². The summed E-state index contributed by atoms with van der Waals surface area (Å²) in [6.45, 7) is 15.1. The summed E-state index contributed by atoms with van der Waals surface area (Å²) in [7, 11) is 0. The second kappa shape index (κ2) is 16.9. The van der Waals surface area contributed by atoms with Crippen LogP contribution in [-0.4, -0.2) is 71.1 Å². The van der Waals surface area contributed by atoms with Crippen LogP contribution in [0.1, 0.15) is 53.9 Å². The molecule has 28 heavy (non-hydrogen) atoms. The van der Waals surface area contributed by atoms with Crippen molar-refractivity contribution < 1.29 is 28.5 Å². The molecule has 0 fully saturated rings. The van der Waals surface area contributed by atoms with Crippen molar-refractivity contribution >= 4 is 11.7 Å². The van der Waals surface area contributed by atoms with E-state index in [1.807, 2.05) is 13.8 Å². The molecule has 0 spiro atoms. The summed E-state index contributed by atoms with van der Waals surface area (Å²) in [5.74, 6) is -0.0257. The van der Waals surface area contributed by atoms with Crippen LogP contribution in [0.4, 0.5) is 0 Å². The number of Topliss-reactive ketones (excluding diaryl/α,β-unsaturated/α-hetero) is 1. The van der Waals surface area contributed by atoms with Crippen molar-refractivity contribution in [2.75, 3.05) is 59.4 Å². The Hall–Kier alpha value is -1.02. The van der Waals surface area contributed by atoms with Gasteiger partial charge in [0.1, 0.15) is 5.78 Å². The molecule has 166 valence electrons. The third-order valence-electron chi connectivity index (χ3n) is 3.92. The number of ether oxygens (including phenoxy) is 4. The Bertz CT molecular complexity index is 406. The van der Waals surface area contributed by atoms with Gasteiger partial charge in [0.2, 0.25) is 5.91 Å². The maximum atomic E-state index is 11.6. The van der Waals surface area contributed by atoms with Crippen LogP contribution >= 0.6 is 0 Å². The minimum absolute atomic E-state index is 0.0201. The van der Waals surface area contributed by atoms with Crippen LogP contribution in [0.2, 0.25) is 0 Å². The lowest BCUT2D eigenvalue weighted by atomic mass is 9.93. The Morgan fingerprint density at radius 2 is 1.21 bits per heavy atom. The van der Waals surface area contributed by atoms with E-state index >= 15 is 0 Å². The van der Waals surface area contributed by atoms with Crippen molar-refractivity contribution in [3.05, 3.63) is 0 Å². The highest BCUT2D eigenvalue weighted by molar-refractivity contribution is 5.85. The topological polar surface area (TPSA) is 83.1 Å². The molecule has 0 bridgehead atoms. The van der Waals surface area contributed by atoms with Gasteiger partial charge in [0.25, 0.3) is 0 Å². The zero-order valence-electron chi connectivity index (χ0n) is 18.5. The third-order valence-corrected chi connectivity index (χ3v) is 3.92. The van der Waals surface area contributed by atoms with E-state index in [4.69, 9.17) is 18.9 Å². The SMILES string of the molecule is CC(C)C(=O)CCC(=O)NCCOCCOCCOCCOCCC(C)(C)C. The monoisotopic (exact) mass is 403 g/mol. The Balaban J connectivity index is 3.23. The maximum Gasteiger partial charge on any atom is 0.220 e. The predicted molar refractivity (Wildman–Crippen MR) is 109 cm³/mol. The summed E-state index contributed by atoms with van der Waals surface area (Å²) in [4.78, 5) is 23.0. The Morgan fingerprint density at radius 3 is 1.68 bits per heavy atom. The van der Waals surface area contributed by atoms with Crippen LogP contribution < -0.4 is 5.32 Å². The van der Waals surface area contributed by atoms with E-state index in [9.17, 15) is 9.59 Å². The summed E-state index contributed by atoms with van der Waals surface area (Å²) in [6.07, 6.45) is 1.57. The highest BCUT2D eigenvalue weighted by atomic mass is 16.6. The van der Waals surface area contributed by atoms with E-state index in [0.717, 1.165) is 13.0 Å². The number of rotatable bonds is 18. The van der Waals surface area contributed by atoms with Gasteiger partial charge in [-0.2, -0.15) is 0 Å². The van der Waals surface area contributed by atoms with Crippen molar-refractivity contribution in [3.63, 3.8) is 0 Å². The molecule has 7 nitrogen and oxygen atoms in total. The van der Waals surface area contributed by atoms with Crippen LogP contribution in [0.3, 0.4) is 0 Å². The first-order chi connectivity index (χ1) is 13.2. The molecule has 0 aromatic heterocycles. The molecule has 0 unspecified atom stereocenters. The number of hydrogen-bond acceptors (Lipinski definition) is 6. The molecule has 0 aliphatic heterocycles. The van der Waals surface area contributed by atoms with Gasteiger partial charge >= 0.3 is 0 Å². The molecule has 0 saturated heterocycles. The summed E-state index contributed by atoms with van der Waals surface area (Å²) < 4.78 is 21.7. The fourth-order valence-electron chi connectivity index (χ4n) is 2.02. The molecular weight excluding hydrogens is 362 g/mol. The average Bonchev–Trinajstić information content (AvgIpc) is 2.61. The maximum absolute atomic E-state index is 11.6. The highest BCUT2D eigenvalue weighted by Gasteiger charge is 2.10. The minimum atomic E-state index is -0.117. The lowest BCUT2D eigenvalue weighted by Crippen LogP contribution is -2.28. The normalized spacial score (nSPS) is 11.8. The molecule has 0 heterocycles. The van der Waals surface area contributed by atoms with Gasteiger partial charge in [-0.15, -0.1) is 0 Å². The van der Waals surface area contributed by atoms with Gasteiger partial charge in [0.15, 0.2) is 0 Å². The highest BCUT2D eigenvalue weighted by Crippen LogP contribution is 2.17. The quantitative estimate of drug-likeness (QED) is 0.354. The number of carbonyl (C=O) groups excluding carboxylic acids is 2. The molecule has 0 aliphatic carbocycles. The smallest absolute Gasteiger partial charge is 0.220 e. The molecule has 1 amide bonds. The van der Waals surface area contributed by atoms with E-state index in [0.29, 0.717) is 64.6 Å². The molecule has 0 aromatic rings. The van der Waals surface area contributed by atoms with Crippen LogP contribution in [-0.2, 0) is 28.5 Å². The number of ketones is 1. The molecule has 0 atom stereocenters. The van der Waals surface area contributed by atoms with Gasteiger partial charge in [0.05, 0.1) is 46.2 Å². The van der Waals surface area contributed by atoms with E-state index < -0.39 is 0 Å². The lowest BCUT2D eigenvalue weighted by Gasteiger charge is -2.17. The molecular formula is C21H41NO6. The summed E-state index contributed by atoms with van der Waals surface area (Å²) in [5.41, 5.74) is 0.302. The van der Waals surface area contributed by atoms with Crippen molar-refractivity contribution in [1.82, 2.24) is 5.32 Å². The molecule has 0 rings (SSSR count). The van der Waals surface area contributed by atoms with Crippen molar-refractivity contribution in [1.29, 1.82) is 0 Å². The van der Waals surface area contributed by atoms with Crippen LogP contribution in [0.25, 0.3) is 0 Å². The van der Waals surface area contributed by atoms with Crippen LogP contribution in [0, 0.1) is 11.3 Å². The van der Waals surface area contributed by atoms with Gasteiger partial charge in [-0.25, -0.2) is 0 Å². The van der Waals surface area contributed by atoms with Gasteiger partial charge in [-0.1, -0.05) is 34.6 Å². The standard InChI is InChI=1S/C21H41NO6/c1-18(2)19(23)6-7-20(24)22-9-11-26-13-15-28-17-16-27-14-12-25-10-8-21(3,4)5/h18H,6-17H2,1-5H3,(H,22,24). The number of hydrogen-bond donors (Lipinski definition) is 1. The predicted octanol–water partition coefficient (Wildman–Crippen LogP) is 2.61. The number of carbonyl (C=O) groups is 2. The van der Waals surface area contributed by atoms with E-state index in [1.165, 1.54) is 0 Å². The second-order valence-electron chi connectivity index (χ2n) is 8.23. The third kappa shape index (κ3) is 19.7. The Morgan fingerprint density at radius 1 is 0.750 bits per heavy atom. The zero-order valence-corrected chi connectivity index (χ0v) is 18.5. The first kappa shape index (κ1) is 27.0. The molecule has 0 radical (unpaired) electrons.